The van der Waals surface area contributed by atoms with Crippen LogP contribution in [-0.2, 0) is 10.0 Å². The molecule has 1 aromatic carbocycles. The van der Waals surface area contributed by atoms with E-state index in [0.717, 1.165) is 16.3 Å². The van der Waals surface area contributed by atoms with Crippen molar-refractivity contribution < 1.29 is 13.2 Å². The Hall–Kier alpha value is -1.44. The van der Waals surface area contributed by atoms with Crippen LogP contribution in [0.2, 0.25) is 0 Å². The number of hydrogen-bond acceptors (Lipinski definition) is 4. The minimum absolute atomic E-state index is 0.461. The number of hydrogen-bond donors (Lipinski definition) is 2. The lowest BCUT2D eigenvalue weighted by molar-refractivity contribution is 0.0949. The molecule has 5 nitrogen and oxygen atoms in total. The van der Waals surface area contributed by atoms with E-state index in [0.29, 0.717) is 4.88 Å². The number of nitrogens with one attached hydrogen (secondary N) is 2. The molecule has 0 aliphatic heterocycles. The van der Waals surface area contributed by atoms with E-state index in [1.807, 2.05) is 29.1 Å². The summed E-state index contributed by atoms with van der Waals surface area (Å²) < 4.78 is 22.6. The third-order valence-corrected chi connectivity index (χ3v) is 3.59. The summed E-state index contributed by atoms with van der Waals surface area (Å²) >= 11 is 1.31. The highest BCUT2D eigenvalue weighted by molar-refractivity contribution is 7.88. The fourth-order valence-electron chi connectivity index (χ4n) is 1.29. The van der Waals surface area contributed by atoms with Gasteiger partial charge in [-0.3, -0.25) is 10.2 Å². The summed E-state index contributed by atoms with van der Waals surface area (Å²) in [7, 11) is -3.43. The zero-order chi connectivity index (χ0) is 12.5. The smallest absolute Gasteiger partial charge is 0.273 e. The lowest BCUT2D eigenvalue weighted by Crippen LogP contribution is -2.40. The molecule has 0 unspecified atom stereocenters. The van der Waals surface area contributed by atoms with Crippen LogP contribution >= 0.6 is 11.3 Å². The van der Waals surface area contributed by atoms with Crippen LogP contribution in [-0.4, -0.2) is 20.6 Å². The molecule has 0 bridgehead atoms. The van der Waals surface area contributed by atoms with Gasteiger partial charge in [-0.1, -0.05) is 18.2 Å². The van der Waals surface area contributed by atoms with Gasteiger partial charge in [-0.15, -0.1) is 16.2 Å². The van der Waals surface area contributed by atoms with Crippen molar-refractivity contribution in [3.8, 4) is 0 Å². The van der Waals surface area contributed by atoms with E-state index in [4.69, 9.17) is 0 Å². The summed E-state index contributed by atoms with van der Waals surface area (Å²) in [6.07, 6.45) is 0.970. The number of carbonyl (C=O) groups excluding carboxylic acids is 1. The Bertz CT molecular complexity index is 628. The van der Waals surface area contributed by atoms with E-state index in [1.54, 1.807) is 6.07 Å². The van der Waals surface area contributed by atoms with Crippen LogP contribution in [0.4, 0.5) is 0 Å². The molecule has 0 atom stereocenters. The Morgan fingerprint density at radius 2 is 2.00 bits per heavy atom. The molecular weight excluding hydrogens is 260 g/mol. The standard InChI is InChI=1S/C10H10N2O3S2/c1-17(14,15)12-11-10(13)9-6-7-4-2-3-5-8(7)16-9/h2-6,12H,1H3,(H,11,13). The number of amides is 1. The molecule has 90 valence electrons. The largest absolute Gasteiger partial charge is 0.276 e. The summed E-state index contributed by atoms with van der Waals surface area (Å²) in [6.45, 7) is 0. The summed E-state index contributed by atoms with van der Waals surface area (Å²) in [5, 5.41) is 0.960. The maximum atomic E-state index is 11.6. The van der Waals surface area contributed by atoms with Crippen LogP contribution in [0, 0.1) is 0 Å². The van der Waals surface area contributed by atoms with Gasteiger partial charge in [0.25, 0.3) is 5.91 Å². The molecule has 0 radical (unpaired) electrons. The first-order valence-corrected chi connectivity index (χ1v) is 7.42. The molecule has 1 amide bonds. The highest BCUT2D eigenvalue weighted by Crippen LogP contribution is 2.24. The van der Waals surface area contributed by atoms with Crippen LogP contribution in [0.5, 0.6) is 0 Å². The first-order chi connectivity index (χ1) is 7.96. The molecule has 17 heavy (non-hydrogen) atoms. The van der Waals surface area contributed by atoms with Crippen LogP contribution in [0.25, 0.3) is 10.1 Å². The quantitative estimate of drug-likeness (QED) is 0.820. The molecule has 2 N–H and O–H groups in total. The number of fused-ring (bicyclic) bond motifs is 1. The molecule has 1 heterocycles. The van der Waals surface area contributed by atoms with Crippen molar-refractivity contribution in [3.05, 3.63) is 35.2 Å². The Kier molecular flexibility index (Phi) is 3.14. The molecular formula is C10H10N2O3S2. The van der Waals surface area contributed by atoms with Crippen LogP contribution < -0.4 is 10.3 Å². The second-order valence-electron chi connectivity index (χ2n) is 3.48. The fraction of sp³-hybridized carbons (Fsp3) is 0.100. The minimum Gasteiger partial charge on any atom is -0.273 e. The lowest BCUT2D eigenvalue weighted by atomic mass is 10.2. The minimum atomic E-state index is -3.43. The van der Waals surface area contributed by atoms with Crippen LogP contribution in [0.15, 0.2) is 30.3 Å². The Labute approximate surface area is 102 Å². The number of sulfonamides is 1. The van der Waals surface area contributed by atoms with Gasteiger partial charge in [0.1, 0.15) is 0 Å². The third-order valence-electron chi connectivity index (χ3n) is 2.00. The Morgan fingerprint density at radius 1 is 1.29 bits per heavy atom. The van der Waals surface area contributed by atoms with Gasteiger partial charge in [0.15, 0.2) is 0 Å². The van der Waals surface area contributed by atoms with Crippen molar-refractivity contribution in [3.63, 3.8) is 0 Å². The van der Waals surface area contributed by atoms with Crippen LogP contribution in [0.1, 0.15) is 9.67 Å². The van der Waals surface area contributed by atoms with Crippen molar-refractivity contribution in [1.82, 2.24) is 10.3 Å². The Morgan fingerprint density at radius 3 is 2.65 bits per heavy atom. The number of thiophene rings is 1. The molecule has 2 aromatic rings. The zero-order valence-corrected chi connectivity index (χ0v) is 10.6. The van der Waals surface area contributed by atoms with Crippen molar-refractivity contribution in [1.29, 1.82) is 0 Å². The van der Waals surface area contributed by atoms with Gasteiger partial charge in [0.05, 0.1) is 11.1 Å². The molecule has 7 heteroatoms. The molecule has 0 saturated heterocycles. The molecule has 0 fully saturated rings. The average molecular weight is 270 g/mol. The SMILES string of the molecule is CS(=O)(=O)NNC(=O)c1cc2ccccc2s1. The second kappa shape index (κ2) is 4.44. The highest BCUT2D eigenvalue weighted by Gasteiger charge is 2.11. The number of rotatable bonds is 3. The van der Waals surface area contributed by atoms with Gasteiger partial charge in [0, 0.05) is 4.70 Å². The molecule has 0 aliphatic carbocycles. The van der Waals surface area contributed by atoms with E-state index in [-0.39, 0.29) is 0 Å². The molecule has 0 spiro atoms. The van der Waals surface area contributed by atoms with Crippen molar-refractivity contribution in [2.24, 2.45) is 0 Å². The fourth-order valence-corrected chi connectivity index (χ4v) is 2.53. The number of benzene rings is 1. The van der Waals surface area contributed by atoms with Crippen molar-refractivity contribution >= 4 is 37.4 Å². The van der Waals surface area contributed by atoms with Gasteiger partial charge in [-0.2, -0.15) is 0 Å². The maximum absolute atomic E-state index is 11.6. The van der Waals surface area contributed by atoms with Crippen molar-refractivity contribution in [2.75, 3.05) is 6.26 Å². The van der Waals surface area contributed by atoms with Crippen LogP contribution in [0.3, 0.4) is 0 Å². The topological polar surface area (TPSA) is 75.3 Å². The molecule has 1 aromatic heterocycles. The maximum Gasteiger partial charge on any atom is 0.276 e. The van der Waals surface area contributed by atoms with E-state index in [9.17, 15) is 13.2 Å². The van der Waals surface area contributed by atoms with E-state index >= 15 is 0 Å². The second-order valence-corrected chi connectivity index (χ2v) is 6.31. The number of hydrazine groups is 1. The van der Waals surface area contributed by atoms with Gasteiger partial charge < -0.3 is 0 Å². The first-order valence-electron chi connectivity index (χ1n) is 4.71. The van der Waals surface area contributed by atoms with Gasteiger partial charge in [0.2, 0.25) is 10.0 Å². The van der Waals surface area contributed by atoms with E-state index < -0.39 is 15.9 Å². The first kappa shape index (κ1) is 12.0. The van der Waals surface area contributed by atoms with E-state index in [1.165, 1.54) is 11.3 Å². The third kappa shape index (κ3) is 3.02. The lowest BCUT2D eigenvalue weighted by Gasteiger charge is -2.02. The normalized spacial score (nSPS) is 11.6. The molecule has 0 saturated carbocycles. The van der Waals surface area contributed by atoms with Gasteiger partial charge in [-0.25, -0.2) is 8.42 Å². The van der Waals surface area contributed by atoms with Crippen molar-refractivity contribution in [2.45, 2.75) is 0 Å². The summed E-state index contributed by atoms with van der Waals surface area (Å²) in [4.78, 5) is 14.0. The van der Waals surface area contributed by atoms with Gasteiger partial charge in [-0.05, 0) is 17.5 Å². The average Bonchev–Trinajstić information content (AvgIpc) is 2.68. The van der Waals surface area contributed by atoms with Gasteiger partial charge >= 0.3 is 0 Å². The summed E-state index contributed by atoms with van der Waals surface area (Å²) in [5.74, 6) is -0.461. The summed E-state index contributed by atoms with van der Waals surface area (Å²) in [6, 6.07) is 9.29. The Balaban J connectivity index is 2.19. The van der Waals surface area contributed by atoms with E-state index in [2.05, 4.69) is 5.43 Å². The molecule has 0 aliphatic rings. The zero-order valence-electron chi connectivity index (χ0n) is 8.93. The molecule has 2 rings (SSSR count). The predicted octanol–water partition coefficient (Wildman–Crippen LogP) is 1.10. The highest BCUT2D eigenvalue weighted by atomic mass is 32.2. The summed E-state index contributed by atoms with van der Waals surface area (Å²) in [5.41, 5.74) is 2.13. The predicted molar refractivity (Wildman–Crippen MR) is 67.3 cm³/mol. The number of carbonyl (C=O) groups is 1. The monoisotopic (exact) mass is 270 g/mol.